The smallest absolute Gasteiger partial charge is 0.310 e. The fraction of sp³-hybridized carbons (Fsp3) is 0.150. The molecule has 3 rings (SSSR count). The second-order valence-corrected chi connectivity index (χ2v) is 7.19. The summed E-state index contributed by atoms with van der Waals surface area (Å²) in [5, 5.41) is 1.23. The molecule has 1 aliphatic heterocycles. The van der Waals surface area contributed by atoms with Crippen molar-refractivity contribution in [2.24, 2.45) is 4.99 Å². The number of carbonyl (C=O) groups excluding carboxylic acids is 2. The highest BCUT2D eigenvalue weighted by Gasteiger charge is 2.30. The first-order valence-corrected chi connectivity index (χ1v) is 9.48. The summed E-state index contributed by atoms with van der Waals surface area (Å²) in [4.78, 5) is 30.4. The summed E-state index contributed by atoms with van der Waals surface area (Å²) in [5.74, 6) is 0.0815. The Morgan fingerprint density at radius 1 is 1.19 bits per heavy atom. The Labute approximate surface area is 166 Å². The van der Waals surface area contributed by atoms with Crippen molar-refractivity contribution in [3.63, 3.8) is 0 Å². The number of carbonyl (C=O) groups is 2. The van der Waals surface area contributed by atoms with Crippen LogP contribution < -0.4 is 4.74 Å². The molecule has 0 N–H and O–H groups in total. The normalized spacial score (nSPS) is 17.0. The van der Waals surface area contributed by atoms with Crippen molar-refractivity contribution in [2.75, 3.05) is 7.05 Å². The number of rotatable bonds is 4. The van der Waals surface area contributed by atoms with E-state index < -0.39 is 0 Å². The van der Waals surface area contributed by atoms with Crippen LogP contribution in [-0.4, -0.2) is 29.0 Å². The predicted octanol–water partition coefficient (Wildman–Crippen LogP) is 4.89. The van der Waals surface area contributed by atoms with Gasteiger partial charge >= 0.3 is 5.97 Å². The lowest BCUT2D eigenvalue weighted by molar-refractivity contribution is -0.134. The van der Waals surface area contributed by atoms with Gasteiger partial charge in [0.05, 0.1) is 10.6 Å². The molecule has 2 aromatic carbocycles. The zero-order chi connectivity index (χ0) is 19.4. The number of likely N-dealkylation sites (N-methyl/N-ethyl adjacent to an activating group) is 1. The van der Waals surface area contributed by atoms with E-state index in [1.807, 2.05) is 0 Å². The Balaban J connectivity index is 1.77. The number of esters is 1. The summed E-state index contributed by atoms with van der Waals surface area (Å²) >= 11 is 7.19. The number of halogens is 1. The van der Waals surface area contributed by atoms with Crippen molar-refractivity contribution in [1.82, 2.24) is 4.90 Å². The molecule has 1 heterocycles. The van der Waals surface area contributed by atoms with Gasteiger partial charge in [0, 0.05) is 18.5 Å². The molecule has 2 aromatic rings. The highest BCUT2D eigenvalue weighted by molar-refractivity contribution is 8.18. The van der Waals surface area contributed by atoms with E-state index in [4.69, 9.17) is 16.3 Å². The van der Waals surface area contributed by atoms with E-state index >= 15 is 0 Å². The average molecular weight is 401 g/mol. The number of aliphatic imine (C=N–C) groups is 1. The lowest BCUT2D eigenvalue weighted by atomic mass is 10.2. The Morgan fingerprint density at radius 2 is 1.85 bits per heavy atom. The number of thioether (sulfide) groups is 1. The second kappa shape index (κ2) is 8.41. The summed E-state index contributed by atoms with van der Waals surface area (Å²) < 4.78 is 5.15. The summed E-state index contributed by atoms with van der Waals surface area (Å²) in [6, 6.07) is 14.1. The van der Waals surface area contributed by atoms with Gasteiger partial charge in [-0.05, 0) is 59.8 Å². The molecule has 1 fully saturated rings. The second-order valence-electron chi connectivity index (χ2n) is 5.74. The Morgan fingerprint density at radius 3 is 2.48 bits per heavy atom. The monoisotopic (exact) mass is 400 g/mol. The molecular weight excluding hydrogens is 384 g/mol. The predicted molar refractivity (Wildman–Crippen MR) is 109 cm³/mol. The van der Waals surface area contributed by atoms with Crippen LogP contribution in [0.4, 0.5) is 5.69 Å². The van der Waals surface area contributed by atoms with Gasteiger partial charge in [0.2, 0.25) is 0 Å². The fourth-order valence-corrected chi connectivity index (χ4v) is 3.38. The van der Waals surface area contributed by atoms with Crippen molar-refractivity contribution in [1.29, 1.82) is 0 Å². The van der Waals surface area contributed by atoms with Gasteiger partial charge in [-0.2, -0.15) is 0 Å². The van der Waals surface area contributed by atoms with Crippen LogP contribution in [0, 0.1) is 0 Å². The van der Waals surface area contributed by atoms with Gasteiger partial charge < -0.3 is 4.74 Å². The van der Waals surface area contributed by atoms with Crippen molar-refractivity contribution < 1.29 is 14.3 Å². The molecule has 0 unspecified atom stereocenters. The standard InChI is InChI=1S/C20H17ClN2O3S/c1-3-18(24)26-16-10-4-13(5-11-16)12-17-19(25)23(2)20(27-17)22-15-8-6-14(21)7-9-15/h4-12H,3H2,1-2H3. The van der Waals surface area contributed by atoms with Crippen molar-refractivity contribution in [3.05, 3.63) is 64.0 Å². The largest absolute Gasteiger partial charge is 0.427 e. The number of hydrogen-bond acceptors (Lipinski definition) is 5. The zero-order valence-corrected chi connectivity index (χ0v) is 16.4. The molecule has 0 aliphatic carbocycles. The quantitative estimate of drug-likeness (QED) is 0.416. The van der Waals surface area contributed by atoms with Crippen LogP contribution in [0.25, 0.3) is 6.08 Å². The minimum Gasteiger partial charge on any atom is -0.427 e. The maximum atomic E-state index is 12.5. The third-order valence-corrected chi connectivity index (χ3v) is 5.07. The van der Waals surface area contributed by atoms with E-state index in [9.17, 15) is 9.59 Å². The molecule has 0 spiro atoms. The van der Waals surface area contributed by atoms with Crippen LogP contribution in [0.5, 0.6) is 5.75 Å². The van der Waals surface area contributed by atoms with Gasteiger partial charge in [0.15, 0.2) is 5.17 Å². The molecule has 1 amide bonds. The third kappa shape index (κ3) is 4.78. The highest BCUT2D eigenvalue weighted by Crippen LogP contribution is 2.33. The van der Waals surface area contributed by atoms with E-state index in [0.29, 0.717) is 27.3 Å². The lowest BCUT2D eigenvalue weighted by Gasteiger charge is -2.07. The first-order valence-electron chi connectivity index (χ1n) is 8.29. The molecule has 7 heteroatoms. The molecule has 0 atom stereocenters. The molecule has 1 aliphatic rings. The molecule has 138 valence electrons. The molecule has 0 aromatic heterocycles. The maximum absolute atomic E-state index is 12.5. The van der Waals surface area contributed by atoms with Gasteiger partial charge in [-0.3, -0.25) is 14.5 Å². The summed E-state index contributed by atoms with van der Waals surface area (Å²) in [6.45, 7) is 1.74. The van der Waals surface area contributed by atoms with E-state index in [-0.39, 0.29) is 11.9 Å². The van der Waals surface area contributed by atoms with E-state index in [1.54, 1.807) is 68.6 Å². The molecule has 0 bridgehead atoms. The number of nitrogens with zero attached hydrogens (tertiary/aromatic N) is 2. The van der Waals surface area contributed by atoms with Crippen LogP contribution in [0.1, 0.15) is 18.9 Å². The minimum atomic E-state index is -0.285. The first kappa shape index (κ1) is 19.2. The molecule has 0 saturated carbocycles. The summed E-state index contributed by atoms with van der Waals surface area (Å²) in [6.07, 6.45) is 2.11. The topological polar surface area (TPSA) is 59.0 Å². The highest BCUT2D eigenvalue weighted by atomic mass is 35.5. The molecule has 1 saturated heterocycles. The van der Waals surface area contributed by atoms with Gasteiger partial charge in [0.25, 0.3) is 5.91 Å². The average Bonchev–Trinajstić information content (AvgIpc) is 2.93. The Kier molecular flexibility index (Phi) is 5.98. The number of ether oxygens (including phenoxy) is 1. The number of benzene rings is 2. The number of hydrogen-bond donors (Lipinski definition) is 0. The SMILES string of the molecule is CCC(=O)Oc1ccc(C=C2SC(=Nc3ccc(Cl)cc3)N(C)C2=O)cc1. The van der Waals surface area contributed by atoms with Crippen LogP contribution in [0.15, 0.2) is 58.4 Å². The number of amidine groups is 1. The first-order chi connectivity index (χ1) is 13.0. The van der Waals surface area contributed by atoms with Crippen LogP contribution in [0.2, 0.25) is 5.02 Å². The van der Waals surface area contributed by atoms with Gasteiger partial charge in [0.1, 0.15) is 5.75 Å². The lowest BCUT2D eigenvalue weighted by Crippen LogP contribution is -2.23. The molecule has 27 heavy (non-hydrogen) atoms. The van der Waals surface area contributed by atoms with Crippen LogP contribution in [0.3, 0.4) is 0 Å². The Hall–Kier alpha value is -2.57. The summed E-state index contributed by atoms with van der Waals surface area (Å²) in [7, 11) is 1.69. The van der Waals surface area contributed by atoms with Gasteiger partial charge in [-0.25, -0.2) is 4.99 Å². The van der Waals surface area contributed by atoms with Crippen molar-refractivity contribution in [3.8, 4) is 5.75 Å². The number of amides is 1. The van der Waals surface area contributed by atoms with Gasteiger partial charge in [-0.1, -0.05) is 30.7 Å². The fourth-order valence-electron chi connectivity index (χ4n) is 2.26. The van der Waals surface area contributed by atoms with Crippen molar-refractivity contribution >= 4 is 52.2 Å². The molecule has 5 nitrogen and oxygen atoms in total. The van der Waals surface area contributed by atoms with Crippen LogP contribution >= 0.6 is 23.4 Å². The van der Waals surface area contributed by atoms with E-state index in [1.165, 1.54) is 16.7 Å². The minimum absolute atomic E-state index is 0.116. The molecular formula is C20H17ClN2O3S. The van der Waals surface area contributed by atoms with Crippen molar-refractivity contribution in [2.45, 2.75) is 13.3 Å². The Bertz CT molecular complexity index is 921. The molecule has 0 radical (unpaired) electrons. The third-order valence-electron chi connectivity index (χ3n) is 3.75. The zero-order valence-electron chi connectivity index (χ0n) is 14.8. The van der Waals surface area contributed by atoms with Crippen LogP contribution in [-0.2, 0) is 9.59 Å². The van der Waals surface area contributed by atoms with Gasteiger partial charge in [-0.15, -0.1) is 0 Å². The van der Waals surface area contributed by atoms with E-state index in [0.717, 1.165) is 11.3 Å². The van der Waals surface area contributed by atoms with E-state index in [2.05, 4.69) is 4.99 Å². The summed E-state index contributed by atoms with van der Waals surface area (Å²) in [5.41, 5.74) is 1.56. The maximum Gasteiger partial charge on any atom is 0.310 e.